The van der Waals surface area contributed by atoms with Gasteiger partial charge >= 0.3 is 5.97 Å². The van der Waals surface area contributed by atoms with Crippen molar-refractivity contribution in [2.24, 2.45) is 0 Å². The highest BCUT2D eigenvalue weighted by Gasteiger charge is 2.40. The van der Waals surface area contributed by atoms with E-state index in [1.54, 1.807) is 0 Å². The van der Waals surface area contributed by atoms with Crippen LogP contribution in [-0.4, -0.2) is 32.8 Å². The zero-order chi connectivity index (χ0) is 24.7. The minimum Gasteiger partial charge on any atom is -0.422 e. The first kappa shape index (κ1) is 21.9. The second-order valence-corrected chi connectivity index (χ2v) is 6.95. The number of hydrogen-bond acceptors (Lipinski definition) is 10. The molecule has 0 fully saturated rings. The molecule has 1 aliphatic rings. The third-order valence-electron chi connectivity index (χ3n) is 5.05. The molecule has 0 radical (unpaired) electrons. The molecule has 0 bridgehead atoms. The van der Waals surface area contributed by atoms with Gasteiger partial charge in [-0.1, -0.05) is 12.1 Å². The van der Waals surface area contributed by atoms with Gasteiger partial charge in [0.1, 0.15) is 5.75 Å². The Morgan fingerprint density at radius 1 is 0.824 bits per heavy atom. The lowest BCUT2D eigenvalue weighted by atomic mass is 9.97. The Hall–Kier alpha value is -5.33. The van der Waals surface area contributed by atoms with Gasteiger partial charge in [-0.25, -0.2) is 4.79 Å². The highest BCUT2D eigenvalue weighted by Crippen LogP contribution is 2.47. The van der Waals surface area contributed by atoms with E-state index >= 15 is 0 Å². The quantitative estimate of drug-likeness (QED) is 0.134. The molecule has 0 spiro atoms. The van der Waals surface area contributed by atoms with Crippen LogP contribution in [0.25, 0.3) is 11.1 Å². The van der Waals surface area contributed by atoms with E-state index in [0.29, 0.717) is 12.4 Å². The Bertz CT molecular complexity index is 1480. The van der Waals surface area contributed by atoms with Crippen LogP contribution in [0.1, 0.15) is 36.6 Å². The first-order valence-corrected chi connectivity index (χ1v) is 9.24. The highest BCUT2D eigenvalue weighted by atomic mass is 16.6. The summed E-state index contributed by atoms with van der Waals surface area (Å²) in [6, 6.07) is 8.60. The third-order valence-corrected chi connectivity index (χ3v) is 5.05. The first-order chi connectivity index (χ1) is 16.1. The predicted octanol–water partition coefficient (Wildman–Crippen LogP) is 3.65. The molecule has 0 saturated carbocycles. The van der Waals surface area contributed by atoms with Gasteiger partial charge in [-0.05, 0) is 12.1 Å². The first-order valence-electron chi connectivity index (χ1n) is 9.24. The molecule has 0 unspecified atom stereocenters. The van der Waals surface area contributed by atoms with Crippen molar-refractivity contribution in [2.45, 2.75) is 0 Å². The number of esters is 1. The normalized spacial score (nSPS) is 11.4. The summed E-state index contributed by atoms with van der Waals surface area (Å²) < 4.78 is 5.21. The number of non-ortho nitro benzene ring substituents is 2. The molecule has 0 heterocycles. The average Bonchev–Trinajstić information content (AvgIpc) is 3.10. The maximum Gasteiger partial charge on any atom is 0.344 e. The van der Waals surface area contributed by atoms with Crippen molar-refractivity contribution in [1.29, 1.82) is 0 Å². The number of para-hydroxylation sites is 1. The van der Waals surface area contributed by atoms with E-state index in [2.05, 4.69) is 0 Å². The number of nitro groups is 3. The van der Waals surface area contributed by atoms with Crippen molar-refractivity contribution in [3.05, 3.63) is 101 Å². The number of nitrogens with zero attached hydrogens (tertiary/aromatic N) is 3. The minimum atomic E-state index is -1.23. The van der Waals surface area contributed by atoms with E-state index in [0.717, 1.165) is 18.2 Å². The van der Waals surface area contributed by atoms with Crippen LogP contribution < -0.4 is 4.74 Å². The van der Waals surface area contributed by atoms with Crippen molar-refractivity contribution >= 4 is 35.1 Å². The summed E-state index contributed by atoms with van der Waals surface area (Å²) in [4.78, 5) is 68.8. The summed E-state index contributed by atoms with van der Waals surface area (Å²) in [6.45, 7) is 0. The molecular weight excluding hydrogens is 454 g/mol. The van der Waals surface area contributed by atoms with E-state index in [9.17, 15) is 44.7 Å². The zero-order valence-corrected chi connectivity index (χ0v) is 16.6. The van der Waals surface area contributed by atoms with Crippen molar-refractivity contribution in [3.63, 3.8) is 0 Å². The molecule has 3 aromatic rings. The van der Waals surface area contributed by atoms with Gasteiger partial charge in [-0.3, -0.25) is 39.9 Å². The summed E-state index contributed by atoms with van der Waals surface area (Å²) in [6.07, 6.45) is 0.406. The molecule has 13 nitrogen and oxygen atoms in total. The lowest BCUT2D eigenvalue weighted by molar-refractivity contribution is -0.393. The fourth-order valence-electron chi connectivity index (χ4n) is 3.62. The smallest absolute Gasteiger partial charge is 0.344 e. The predicted molar refractivity (Wildman–Crippen MR) is 112 cm³/mol. The Kier molecular flexibility index (Phi) is 5.13. The molecule has 0 atom stereocenters. The van der Waals surface area contributed by atoms with Crippen LogP contribution in [0.15, 0.2) is 48.5 Å². The summed E-state index contributed by atoms with van der Waals surface area (Å²) in [5.74, 6) is -2.39. The highest BCUT2D eigenvalue weighted by molar-refractivity contribution is 6.26. The number of ether oxygens (including phenoxy) is 1. The second-order valence-electron chi connectivity index (χ2n) is 6.95. The van der Waals surface area contributed by atoms with Gasteiger partial charge in [0.25, 0.3) is 17.1 Å². The van der Waals surface area contributed by atoms with Crippen LogP contribution in [0.2, 0.25) is 0 Å². The zero-order valence-electron chi connectivity index (χ0n) is 16.6. The molecule has 1 aliphatic carbocycles. The molecule has 3 aromatic carbocycles. The average molecular weight is 463 g/mol. The molecule has 4 rings (SSSR count). The van der Waals surface area contributed by atoms with Gasteiger partial charge < -0.3 is 4.74 Å². The topological polar surface area (TPSA) is 190 Å². The van der Waals surface area contributed by atoms with Crippen LogP contribution >= 0.6 is 0 Å². The van der Waals surface area contributed by atoms with Gasteiger partial charge in [-0.15, -0.1) is 0 Å². The maximum atomic E-state index is 13.0. The van der Waals surface area contributed by atoms with Crippen LogP contribution in [0.4, 0.5) is 17.1 Å². The molecule has 168 valence electrons. The molecule has 0 amide bonds. The molecule has 13 heteroatoms. The monoisotopic (exact) mass is 463 g/mol. The Balaban J connectivity index is 2.00. The molecule has 0 saturated heterocycles. The van der Waals surface area contributed by atoms with Crippen molar-refractivity contribution < 1.29 is 33.9 Å². The maximum absolute atomic E-state index is 13.0. The van der Waals surface area contributed by atoms with Crippen LogP contribution in [-0.2, 0) is 0 Å². The second kappa shape index (κ2) is 7.98. The largest absolute Gasteiger partial charge is 0.422 e. The molecule has 0 aromatic heterocycles. The number of hydrogen-bond donors (Lipinski definition) is 0. The third kappa shape index (κ3) is 3.42. The number of fused-ring (bicyclic) bond motifs is 3. The summed E-state index contributed by atoms with van der Waals surface area (Å²) in [5, 5.41) is 34.3. The standard InChI is InChI=1S/C21H9N3O10/c25-9-10-3-1-2-4-17(10)34-21(27)15-7-11(22(28)29)5-13-18(15)19-14(20(13)26)6-12(23(30)31)8-16(19)24(32)33/h1-9H. The van der Waals surface area contributed by atoms with Crippen molar-refractivity contribution in [1.82, 2.24) is 0 Å². The van der Waals surface area contributed by atoms with Gasteiger partial charge in [0.05, 0.1) is 37.5 Å². The number of nitro benzene ring substituents is 3. The Labute approximate surface area is 187 Å². The lowest BCUT2D eigenvalue weighted by Crippen LogP contribution is -2.12. The fourth-order valence-corrected chi connectivity index (χ4v) is 3.62. The van der Waals surface area contributed by atoms with E-state index in [-0.39, 0.29) is 16.9 Å². The van der Waals surface area contributed by atoms with Gasteiger partial charge in [-0.2, -0.15) is 0 Å². The number of benzene rings is 3. The fraction of sp³-hybridized carbons (Fsp3) is 0. The summed E-state index contributed by atoms with van der Waals surface area (Å²) >= 11 is 0. The molecular formula is C21H9N3O10. The number of carbonyl (C=O) groups excluding carboxylic acids is 3. The van der Waals surface area contributed by atoms with Crippen molar-refractivity contribution in [2.75, 3.05) is 0 Å². The minimum absolute atomic E-state index is 0.0176. The van der Waals surface area contributed by atoms with Crippen LogP contribution in [0.3, 0.4) is 0 Å². The lowest BCUT2D eigenvalue weighted by Gasteiger charge is -2.10. The van der Waals surface area contributed by atoms with Crippen LogP contribution in [0, 0.1) is 30.3 Å². The Morgan fingerprint density at radius 3 is 2.00 bits per heavy atom. The molecule has 34 heavy (non-hydrogen) atoms. The van der Waals surface area contributed by atoms with E-state index in [1.165, 1.54) is 24.3 Å². The molecule has 0 aliphatic heterocycles. The van der Waals surface area contributed by atoms with Crippen molar-refractivity contribution in [3.8, 4) is 16.9 Å². The number of ketones is 1. The SMILES string of the molecule is O=Cc1ccccc1OC(=O)c1cc([N+](=O)[O-])cc2c1-c1c(cc([N+](=O)[O-])cc1[N+](=O)[O-])C2=O. The van der Waals surface area contributed by atoms with Crippen LogP contribution in [0.5, 0.6) is 5.75 Å². The number of rotatable bonds is 6. The Morgan fingerprint density at radius 2 is 1.41 bits per heavy atom. The summed E-state index contributed by atoms with van der Waals surface area (Å²) in [5.41, 5.74) is -4.47. The van der Waals surface area contributed by atoms with E-state index < -0.39 is 65.8 Å². The van der Waals surface area contributed by atoms with Gasteiger partial charge in [0.15, 0.2) is 12.1 Å². The van der Waals surface area contributed by atoms with E-state index in [1.807, 2.05) is 0 Å². The van der Waals surface area contributed by atoms with Gasteiger partial charge in [0.2, 0.25) is 0 Å². The number of aldehydes is 1. The summed E-state index contributed by atoms with van der Waals surface area (Å²) in [7, 11) is 0. The van der Waals surface area contributed by atoms with Gasteiger partial charge in [0, 0.05) is 34.9 Å². The molecule has 0 N–H and O–H groups in total. The van der Waals surface area contributed by atoms with E-state index in [4.69, 9.17) is 4.74 Å². The number of carbonyl (C=O) groups is 3.